The van der Waals surface area contributed by atoms with Crippen LogP contribution in [-0.2, 0) is 17.6 Å². The molecule has 0 unspecified atom stereocenters. The van der Waals surface area contributed by atoms with Crippen molar-refractivity contribution < 1.29 is 19.1 Å². The SMILES string of the molecule is CC(C)(C)CCNC(=O)c1coc(-c2ccccc2Cc2ccccc2CCC(=O)O)n1. The van der Waals surface area contributed by atoms with Gasteiger partial charge in [0.2, 0.25) is 5.89 Å². The highest BCUT2D eigenvalue weighted by molar-refractivity contribution is 5.92. The summed E-state index contributed by atoms with van der Waals surface area (Å²) in [5.74, 6) is -0.668. The fraction of sp³-hybridized carbons (Fsp3) is 0.346. The zero-order chi connectivity index (χ0) is 23.1. The Balaban J connectivity index is 1.77. The maximum atomic E-state index is 12.4. The number of aryl methyl sites for hydroxylation is 1. The van der Waals surface area contributed by atoms with Gasteiger partial charge in [0.05, 0.1) is 0 Å². The number of nitrogens with zero attached hydrogens (tertiary/aromatic N) is 1. The van der Waals surface area contributed by atoms with Crippen LogP contribution >= 0.6 is 0 Å². The molecule has 2 N–H and O–H groups in total. The number of hydrogen-bond donors (Lipinski definition) is 2. The van der Waals surface area contributed by atoms with Gasteiger partial charge in [-0.25, -0.2) is 4.98 Å². The van der Waals surface area contributed by atoms with Crippen LogP contribution in [0.5, 0.6) is 0 Å². The summed E-state index contributed by atoms with van der Waals surface area (Å²) in [5, 5.41) is 11.9. The Kier molecular flexibility index (Phi) is 7.46. The number of amides is 1. The smallest absolute Gasteiger partial charge is 0.303 e. The van der Waals surface area contributed by atoms with E-state index in [1.54, 1.807) is 0 Å². The second-order valence-corrected chi connectivity index (χ2v) is 9.10. The van der Waals surface area contributed by atoms with Crippen LogP contribution in [0.25, 0.3) is 11.5 Å². The van der Waals surface area contributed by atoms with Gasteiger partial charge in [-0.2, -0.15) is 0 Å². The van der Waals surface area contributed by atoms with Crippen LogP contribution in [-0.4, -0.2) is 28.5 Å². The quantitative estimate of drug-likeness (QED) is 0.488. The highest BCUT2D eigenvalue weighted by Crippen LogP contribution is 2.27. The first-order valence-electron chi connectivity index (χ1n) is 10.8. The van der Waals surface area contributed by atoms with Gasteiger partial charge in [0.15, 0.2) is 5.69 Å². The van der Waals surface area contributed by atoms with Crippen molar-refractivity contribution in [1.29, 1.82) is 0 Å². The highest BCUT2D eigenvalue weighted by atomic mass is 16.4. The molecule has 168 valence electrons. The van der Waals surface area contributed by atoms with Crippen LogP contribution in [0.15, 0.2) is 59.2 Å². The molecular weight excluding hydrogens is 404 g/mol. The molecule has 0 aliphatic carbocycles. The second-order valence-electron chi connectivity index (χ2n) is 9.10. The minimum absolute atomic E-state index is 0.0894. The average Bonchev–Trinajstić information content (AvgIpc) is 3.23. The number of aromatic nitrogens is 1. The molecule has 0 aliphatic heterocycles. The van der Waals surface area contributed by atoms with Crippen LogP contribution in [0.1, 0.15) is 60.8 Å². The first kappa shape index (κ1) is 23.3. The standard InChI is InChI=1S/C26H30N2O4/c1-26(2,3)14-15-27-24(31)22-17-32-25(28-22)21-11-7-6-10-20(21)16-19-9-5-4-8-18(19)12-13-23(29)30/h4-11,17H,12-16H2,1-3H3,(H,27,31)(H,29,30). The maximum absolute atomic E-state index is 12.4. The molecule has 0 spiro atoms. The van der Waals surface area contributed by atoms with E-state index in [1.807, 2.05) is 48.5 Å². The number of carbonyl (C=O) groups is 2. The van der Waals surface area contributed by atoms with Crippen molar-refractivity contribution in [1.82, 2.24) is 10.3 Å². The molecule has 2 aromatic carbocycles. The second kappa shape index (κ2) is 10.3. The lowest BCUT2D eigenvalue weighted by molar-refractivity contribution is -0.136. The van der Waals surface area contributed by atoms with Crippen molar-refractivity contribution in [3.05, 3.63) is 77.2 Å². The molecule has 1 aromatic heterocycles. The summed E-state index contributed by atoms with van der Waals surface area (Å²) in [4.78, 5) is 27.9. The summed E-state index contributed by atoms with van der Waals surface area (Å²) in [6.07, 6.45) is 3.44. The third-order valence-electron chi connectivity index (χ3n) is 5.25. The van der Waals surface area contributed by atoms with E-state index in [0.29, 0.717) is 25.3 Å². The summed E-state index contributed by atoms with van der Waals surface area (Å²) in [6.45, 7) is 6.96. The number of rotatable bonds is 9. The number of carboxylic acids is 1. The van der Waals surface area contributed by atoms with Gasteiger partial charge in [0.1, 0.15) is 6.26 Å². The molecule has 6 nitrogen and oxygen atoms in total. The summed E-state index contributed by atoms with van der Waals surface area (Å²) in [5.41, 5.74) is 4.28. The van der Waals surface area contributed by atoms with E-state index in [0.717, 1.165) is 28.7 Å². The highest BCUT2D eigenvalue weighted by Gasteiger charge is 2.17. The van der Waals surface area contributed by atoms with E-state index in [1.165, 1.54) is 6.26 Å². The fourth-order valence-corrected chi connectivity index (χ4v) is 3.45. The number of carboxylic acid groups (broad SMARTS) is 1. The van der Waals surface area contributed by atoms with Crippen molar-refractivity contribution in [3.8, 4) is 11.5 Å². The van der Waals surface area contributed by atoms with E-state index in [9.17, 15) is 9.59 Å². The van der Waals surface area contributed by atoms with Gasteiger partial charge in [-0.1, -0.05) is 63.2 Å². The van der Waals surface area contributed by atoms with E-state index in [-0.39, 0.29) is 23.4 Å². The van der Waals surface area contributed by atoms with Gasteiger partial charge >= 0.3 is 5.97 Å². The largest absolute Gasteiger partial charge is 0.481 e. The summed E-state index contributed by atoms with van der Waals surface area (Å²) < 4.78 is 5.66. The maximum Gasteiger partial charge on any atom is 0.303 e. The van der Waals surface area contributed by atoms with Gasteiger partial charge in [0.25, 0.3) is 5.91 Å². The average molecular weight is 435 g/mol. The van der Waals surface area contributed by atoms with Crippen LogP contribution in [0.2, 0.25) is 0 Å². The summed E-state index contributed by atoms with van der Waals surface area (Å²) in [6, 6.07) is 15.6. The van der Waals surface area contributed by atoms with Crippen molar-refractivity contribution in [2.45, 2.75) is 46.5 Å². The molecule has 3 aromatic rings. The lowest BCUT2D eigenvalue weighted by Gasteiger charge is -2.17. The number of nitrogens with one attached hydrogen (secondary N) is 1. The van der Waals surface area contributed by atoms with Crippen molar-refractivity contribution in [2.24, 2.45) is 5.41 Å². The van der Waals surface area contributed by atoms with Crippen LogP contribution in [0.3, 0.4) is 0 Å². The first-order chi connectivity index (χ1) is 15.2. The van der Waals surface area contributed by atoms with Crippen LogP contribution in [0.4, 0.5) is 0 Å². The van der Waals surface area contributed by atoms with Gasteiger partial charge < -0.3 is 14.8 Å². The molecule has 3 rings (SSSR count). The minimum atomic E-state index is -0.812. The number of hydrogen-bond acceptors (Lipinski definition) is 4. The molecule has 0 radical (unpaired) electrons. The Morgan fingerprint density at radius 1 is 1.00 bits per heavy atom. The Hall–Kier alpha value is -3.41. The van der Waals surface area contributed by atoms with Crippen LogP contribution in [0, 0.1) is 5.41 Å². The predicted molar refractivity (Wildman–Crippen MR) is 124 cm³/mol. The van der Waals surface area contributed by atoms with Crippen molar-refractivity contribution >= 4 is 11.9 Å². The Morgan fingerprint density at radius 3 is 2.34 bits per heavy atom. The number of aliphatic carboxylic acids is 1. The Labute approximate surface area is 188 Å². The lowest BCUT2D eigenvalue weighted by atomic mass is 9.92. The first-order valence-corrected chi connectivity index (χ1v) is 10.8. The fourth-order valence-electron chi connectivity index (χ4n) is 3.45. The minimum Gasteiger partial charge on any atom is -0.481 e. The Morgan fingerprint density at radius 2 is 1.66 bits per heavy atom. The monoisotopic (exact) mass is 434 g/mol. The third-order valence-corrected chi connectivity index (χ3v) is 5.25. The van der Waals surface area contributed by atoms with E-state index < -0.39 is 5.97 Å². The Bertz CT molecular complexity index is 1080. The van der Waals surface area contributed by atoms with Crippen molar-refractivity contribution in [2.75, 3.05) is 6.54 Å². The molecule has 0 saturated carbocycles. The van der Waals surface area contributed by atoms with Crippen LogP contribution < -0.4 is 5.32 Å². The number of oxazole rings is 1. The number of carbonyl (C=O) groups excluding carboxylic acids is 1. The molecule has 1 heterocycles. The molecule has 6 heteroatoms. The molecule has 0 atom stereocenters. The van der Waals surface area contributed by atoms with Crippen molar-refractivity contribution in [3.63, 3.8) is 0 Å². The molecule has 0 fully saturated rings. The predicted octanol–water partition coefficient (Wildman–Crippen LogP) is 5.12. The summed E-state index contributed by atoms with van der Waals surface area (Å²) >= 11 is 0. The third kappa shape index (κ3) is 6.54. The van der Waals surface area contributed by atoms with E-state index >= 15 is 0 Å². The van der Waals surface area contributed by atoms with Gasteiger partial charge in [-0.15, -0.1) is 0 Å². The molecule has 0 aliphatic rings. The topological polar surface area (TPSA) is 92.4 Å². The number of benzene rings is 2. The van der Waals surface area contributed by atoms with E-state index in [4.69, 9.17) is 9.52 Å². The van der Waals surface area contributed by atoms with Gasteiger partial charge in [0, 0.05) is 18.5 Å². The van der Waals surface area contributed by atoms with E-state index in [2.05, 4.69) is 31.1 Å². The van der Waals surface area contributed by atoms with Gasteiger partial charge in [-0.05, 0) is 47.4 Å². The zero-order valence-electron chi connectivity index (χ0n) is 18.9. The molecular formula is C26H30N2O4. The molecule has 1 amide bonds. The molecule has 0 saturated heterocycles. The normalized spacial score (nSPS) is 11.3. The summed E-state index contributed by atoms with van der Waals surface area (Å²) in [7, 11) is 0. The van der Waals surface area contributed by atoms with Gasteiger partial charge in [-0.3, -0.25) is 9.59 Å². The lowest BCUT2D eigenvalue weighted by Crippen LogP contribution is -2.27. The molecule has 0 bridgehead atoms. The molecule has 32 heavy (non-hydrogen) atoms. The zero-order valence-corrected chi connectivity index (χ0v) is 18.9.